The van der Waals surface area contributed by atoms with E-state index in [4.69, 9.17) is 11.6 Å². The molecule has 0 radical (unpaired) electrons. The highest BCUT2D eigenvalue weighted by Crippen LogP contribution is 2.37. The number of nitriles is 1. The Morgan fingerprint density at radius 1 is 1.17 bits per heavy atom. The quantitative estimate of drug-likeness (QED) is 0.332. The van der Waals surface area contributed by atoms with Crippen LogP contribution in [0, 0.1) is 29.9 Å². The molecule has 184 valence electrons. The summed E-state index contributed by atoms with van der Waals surface area (Å²) in [7, 11) is -2.60. The van der Waals surface area contributed by atoms with E-state index in [0.717, 1.165) is 6.07 Å². The lowest BCUT2D eigenvalue weighted by Gasteiger charge is -2.21. The Labute approximate surface area is 211 Å². The fourth-order valence-electron chi connectivity index (χ4n) is 3.72. The van der Waals surface area contributed by atoms with Gasteiger partial charge in [-0.05, 0) is 50.6 Å². The molecule has 0 bridgehead atoms. The molecule has 11 heteroatoms. The Hall–Kier alpha value is -3.44. The van der Waals surface area contributed by atoms with Gasteiger partial charge in [0.2, 0.25) is 0 Å². The maximum absolute atomic E-state index is 15.1. The first-order valence-corrected chi connectivity index (χ1v) is 13.8. The van der Waals surface area contributed by atoms with Crippen molar-refractivity contribution in [3.05, 3.63) is 76.1 Å². The van der Waals surface area contributed by atoms with Crippen LogP contribution in [0.5, 0.6) is 0 Å². The van der Waals surface area contributed by atoms with E-state index >= 15 is 4.39 Å². The van der Waals surface area contributed by atoms with Gasteiger partial charge in [-0.1, -0.05) is 11.6 Å². The summed E-state index contributed by atoms with van der Waals surface area (Å²) in [5, 5.41) is 22.4. The normalized spacial score (nSPS) is 12.4. The first-order valence-electron chi connectivity index (χ1n) is 10.8. The van der Waals surface area contributed by atoms with Crippen molar-refractivity contribution in [3.63, 3.8) is 0 Å². The van der Waals surface area contributed by atoms with E-state index in [2.05, 4.69) is 20.3 Å². The average molecular weight is 528 g/mol. The summed E-state index contributed by atoms with van der Waals surface area (Å²) >= 11 is 6.54. The molecule has 0 unspecified atom stereocenters. The zero-order valence-electron chi connectivity index (χ0n) is 19.6. The van der Waals surface area contributed by atoms with Crippen molar-refractivity contribution >= 4 is 40.9 Å². The van der Waals surface area contributed by atoms with E-state index in [0.29, 0.717) is 16.7 Å². The number of benzene rings is 1. The van der Waals surface area contributed by atoms with E-state index in [9.17, 15) is 19.3 Å². The van der Waals surface area contributed by atoms with Gasteiger partial charge < -0.3 is 15.0 Å². The molecule has 0 aliphatic heterocycles. The molecule has 1 aromatic carbocycles. The lowest BCUT2D eigenvalue weighted by atomic mass is 10.0. The van der Waals surface area contributed by atoms with Gasteiger partial charge >= 0.3 is 0 Å². The van der Waals surface area contributed by atoms with Gasteiger partial charge in [0, 0.05) is 23.4 Å². The first kappa shape index (κ1) is 25.6. The summed E-state index contributed by atoms with van der Waals surface area (Å²) in [5.74, 6) is -1.28. The fraction of sp³-hybridized carbons (Fsp3) is 0.200. The van der Waals surface area contributed by atoms with Gasteiger partial charge in [0.15, 0.2) is 5.82 Å². The molecule has 7 nitrogen and oxygen atoms in total. The molecule has 0 saturated carbocycles. The number of hydrogen-bond donors (Lipinski definition) is 2. The highest BCUT2D eigenvalue weighted by molar-refractivity contribution is 7.69. The van der Waals surface area contributed by atoms with E-state index in [1.165, 1.54) is 24.4 Å². The zero-order chi connectivity index (χ0) is 26.2. The molecule has 36 heavy (non-hydrogen) atoms. The van der Waals surface area contributed by atoms with E-state index in [-0.39, 0.29) is 38.6 Å². The first-order chi connectivity index (χ1) is 17.0. The minimum Gasteiger partial charge on any atom is -0.394 e. The molecule has 4 rings (SSSR count). The second-order valence-electron chi connectivity index (χ2n) is 8.56. The maximum Gasteiger partial charge on any atom is 0.151 e. The van der Waals surface area contributed by atoms with Crippen molar-refractivity contribution in [2.45, 2.75) is 13.0 Å². The minimum atomic E-state index is -2.60. The summed E-state index contributed by atoms with van der Waals surface area (Å²) in [5.41, 5.74) is 1.97. The van der Waals surface area contributed by atoms with Gasteiger partial charge in [0.05, 0.1) is 51.6 Å². The largest absolute Gasteiger partial charge is 0.394 e. The van der Waals surface area contributed by atoms with Gasteiger partial charge in [0.1, 0.15) is 24.2 Å². The van der Waals surface area contributed by atoms with Crippen LogP contribution in [-0.4, -0.2) is 40.0 Å². The molecule has 0 aliphatic rings. The van der Waals surface area contributed by atoms with E-state index in [1.54, 1.807) is 32.4 Å². The SMILES string of the molecule is Cc1nc2cc(F)c(-c3ccc(P(C)(C)=O)nc3)nc2c(N[C@@H](CO)c2cc(C#N)ccc2F)c1Cl. The molecule has 3 heterocycles. The summed E-state index contributed by atoms with van der Waals surface area (Å²) in [6, 6.07) is 9.11. The second-order valence-corrected chi connectivity index (χ2v) is 12.1. The number of aliphatic hydroxyl groups excluding tert-OH is 1. The lowest BCUT2D eigenvalue weighted by molar-refractivity contribution is 0.274. The molecule has 4 aromatic rings. The number of aryl methyl sites for hydroxylation is 1. The fourth-order valence-corrected chi connectivity index (χ4v) is 4.67. The average Bonchev–Trinajstić information content (AvgIpc) is 2.84. The van der Waals surface area contributed by atoms with E-state index < -0.39 is 31.4 Å². The number of pyridine rings is 3. The van der Waals surface area contributed by atoms with Gasteiger partial charge in [-0.2, -0.15) is 5.26 Å². The van der Waals surface area contributed by atoms with Crippen molar-refractivity contribution in [2.24, 2.45) is 0 Å². The molecule has 0 fully saturated rings. The van der Waals surface area contributed by atoms with Crippen LogP contribution in [0.2, 0.25) is 5.02 Å². The second kappa shape index (κ2) is 9.90. The maximum atomic E-state index is 15.1. The minimum absolute atomic E-state index is 0.0356. The number of anilines is 1. The number of nitrogens with one attached hydrogen (secondary N) is 1. The number of fused-ring (bicyclic) bond motifs is 1. The van der Waals surface area contributed by atoms with Gasteiger partial charge in [0.25, 0.3) is 0 Å². The van der Waals surface area contributed by atoms with Crippen molar-refractivity contribution in [1.82, 2.24) is 15.0 Å². The molecular weight excluding hydrogens is 507 g/mol. The monoisotopic (exact) mass is 527 g/mol. The Bertz CT molecular complexity index is 1570. The molecule has 0 spiro atoms. The Balaban J connectivity index is 1.86. The molecule has 3 aromatic heterocycles. The standard InChI is InChI=1S/C25H21ClF2N5O2P/c1-13-22(26)25(32-20(12-34)16-8-14(10-29)4-6-17(16)27)24-19(31-13)9-18(28)23(33-24)15-5-7-21(30-11-15)36(2,3)35/h4-9,11,20,34H,12H2,1-3H3,(H,31,32)/t20-/m0/s1. The predicted molar refractivity (Wildman–Crippen MR) is 136 cm³/mol. The van der Waals surface area contributed by atoms with Crippen LogP contribution in [0.1, 0.15) is 22.9 Å². The van der Waals surface area contributed by atoms with Crippen LogP contribution in [0.3, 0.4) is 0 Å². The van der Waals surface area contributed by atoms with Gasteiger partial charge in [-0.15, -0.1) is 0 Å². The molecule has 1 atom stereocenters. The van der Waals surface area contributed by atoms with Crippen LogP contribution >= 0.6 is 18.7 Å². The van der Waals surface area contributed by atoms with Crippen molar-refractivity contribution in [3.8, 4) is 17.3 Å². The molecular formula is C25H21ClF2N5O2P. The molecule has 0 saturated heterocycles. The predicted octanol–water partition coefficient (Wildman–Crippen LogP) is 5.20. The molecule has 0 aliphatic carbocycles. The Kier molecular flexibility index (Phi) is 7.05. The highest BCUT2D eigenvalue weighted by Gasteiger charge is 2.22. The Morgan fingerprint density at radius 3 is 2.53 bits per heavy atom. The van der Waals surface area contributed by atoms with Gasteiger partial charge in [-0.25, -0.2) is 18.7 Å². The van der Waals surface area contributed by atoms with Crippen LogP contribution in [0.15, 0.2) is 42.6 Å². The zero-order valence-corrected chi connectivity index (χ0v) is 21.2. The number of hydrogen-bond acceptors (Lipinski definition) is 7. The summed E-state index contributed by atoms with van der Waals surface area (Å²) in [4.78, 5) is 13.0. The van der Waals surface area contributed by atoms with Crippen molar-refractivity contribution < 1.29 is 18.5 Å². The topological polar surface area (TPSA) is 112 Å². The third kappa shape index (κ3) is 4.93. The van der Waals surface area contributed by atoms with Gasteiger partial charge in [-0.3, -0.25) is 4.98 Å². The Morgan fingerprint density at radius 2 is 1.92 bits per heavy atom. The van der Waals surface area contributed by atoms with Crippen LogP contribution < -0.4 is 10.8 Å². The number of nitrogens with zero attached hydrogens (tertiary/aromatic N) is 4. The summed E-state index contributed by atoms with van der Waals surface area (Å²) in [6.07, 6.45) is 1.39. The van der Waals surface area contributed by atoms with E-state index in [1.807, 2.05) is 6.07 Å². The van der Waals surface area contributed by atoms with Crippen LogP contribution in [0.25, 0.3) is 22.3 Å². The number of aliphatic hydroxyl groups is 1. The van der Waals surface area contributed by atoms with Crippen molar-refractivity contribution in [1.29, 1.82) is 5.26 Å². The highest BCUT2D eigenvalue weighted by atomic mass is 35.5. The summed E-state index contributed by atoms with van der Waals surface area (Å²) in [6.45, 7) is 4.27. The smallest absolute Gasteiger partial charge is 0.151 e. The lowest BCUT2D eigenvalue weighted by Crippen LogP contribution is -2.18. The molecule has 0 amide bonds. The number of halogens is 3. The third-order valence-electron chi connectivity index (χ3n) is 5.59. The van der Waals surface area contributed by atoms with Crippen LogP contribution in [0.4, 0.5) is 14.5 Å². The number of aromatic nitrogens is 3. The number of rotatable bonds is 6. The summed E-state index contributed by atoms with van der Waals surface area (Å²) < 4.78 is 42.0. The third-order valence-corrected chi connectivity index (χ3v) is 7.42. The molecule has 2 N–H and O–H groups in total. The van der Waals surface area contributed by atoms with Crippen molar-refractivity contribution in [2.75, 3.05) is 25.3 Å². The van der Waals surface area contributed by atoms with Crippen LogP contribution in [-0.2, 0) is 4.57 Å².